The first-order chi connectivity index (χ1) is 10.5. The topological polar surface area (TPSA) is 64.2 Å². The third-order valence-corrected chi connectivity index (χ3v) is 3.73. The van der Waals surface area contributed by atoms with Gasteiger partial charge in [-0.25, -0.2) is 4.79 Å². The maximum atomic E-state index is 12.4. The summed E-state index contributed by atoms with van der Waals surface area (Å²) in [5.41, 5.74) is 3.03. The van der Waals surface area contributed by atoms with Crippen LogP contribution in [0.15, 0.2) is 45.6 Å². The largest absolute Gasteiger partial charge is 0.419 e. The van der Waals surface area contributed by atoms with Crippen molar-refractivity contribution < 1.29 is 9.21 Å². The molecule has 0 saturated heterocycles. The SMILES string of the molecule is Cc1cc(Cl)ccc1NC(=O)c1ccc2oc(=O)n(C)c2c1. The molecular weight excluding hydrogens is 304 g/mol. The van der Waals surface area contributed by atoms with Gasteiger partial charge in [-0.2, -0.15) is 0 Å². The first-order valence-electron chi connectivity index (χ1n) is 6.63. The Labute approximate surface area is 131 Å². The molecule has 0 aliphatic heterocycles. The van der Waals surface area contributed by atoms with Crippen LogP contribution in [0.5, 0.6) is 0 Å². The van der Waals surface area contributed by atoms with E-state index in [-0.39, 0.29) is 5.91 Å². The van der Waals surface area contributed by atoms with Gasteiger partial charge in [0.2, 0.25) is 0 Å². The van der Waals surface area contributed by atoms with Crippen LogP contribution in [0.2, 0.25) is 5.02 Å². The van der Waals surface area contributed by atoms with Crippen molar-refractivity contribution in [3.05, 3.63) is 63.1 Å². The summed E-state index contributed by atoms with van der Waals surface area (Å²) in [6, 6.07) is 10.1. The number of carbonyl (C=O) groups is 1. The number of benzene rings is 2. The van der Waals surface area contributed by atoms with Gasteiger partial charge in [0, 0.05) is 23.3 Å². The van der Waals surface area contributed by atoms with E-state index in [0.29, 0.717) is 27.4 Å². The van der Waals surface area contributed by atoms with Crippen molar-refractivity contribution in [2.45, 2.75) is 6.92 Å². The molecule has 3 aromatic rings. The standard InChI is InChI=1S/C16H13ClN2O3/c1-9-7-11(17)4-5-12(9)18-15(20)10-3-6-14-13(8-10)19(2)16(21)22-14/h3-8H,1-2H3,(H,18,20). The molecule has 0 radical (unpaired) electrons. The Kier molecular flexibility index (Phi) is 3.50. The smallest absolute Gasteiger partial charge is 0.408 e. The van der Waals surface area contributed by atoms with E-state index in [1.54, 1.807) is 43.4 Å². The average molecular weight is 317 g/mol. The van der Waals surface area contributed by atoms with Crippen LogP contribution in [0, 0.1) is 6.92 Å². The lowest BCUT2D eigenvalue weighted by Crippen LogP contribution is -2.13. The molecule has 1 amide bonds. The third kappa shape index (κ3) is 2.51. The summed E-state index contributed by atoms with van der Waals surface area (Å²) in [5, 5.41) is 3.45. The number of oxazole rings is 1. The highest BCUT2D eigenvalue weighted by molar-refractivity contribution is 6.30. The number of carbonyl (C=O) groups excluding carboxylic acids is 1. The van der Waals surface area contributed by atoms with Gasteiger partial charge in [-0.15, -0.1) is 0 Å². The van der Waals surface area contributed by atoms with Crippen molar-refractivity contribution in [1.29, 1.82) is 0 Å². The van der Waals surface area contributed by atoms with Crippen molar-refractivity contribution in [3.8, 4) is 0 Å². The summed E-state index contributed by atoms with van der Waals surface area (Å²) in [7, 11) is 1.60. The summed E-state index contributed by atoms with van der Waals surface area (Å²) in [6.45, 7) is 1.87. The van der Waals surface area contributed by atoms with E-state index in [1.165, 1.54) is 4.57 Å². The molecule has 0 spiro atoms. The van der Waals surface area contributed by atoms with Crippen molar-refractivity contribution in [1.82, 2.24) is 4.57 Å². The van der Waals surface area contributed by atoms with Crippen LogP contribution in [0.4, 0.5) is 5.69 Å². The molecule has 1 aromatic heterocycles. The average Bonchev–Trinajstić information content (AvgIpc) is 2.77. The fourth-order valence-corrected chi connectivity index (χ4v) is 2.46. The molecule has 0 bridgehead atoms. The molecule has 0 aliphatic rings. The van der Waals surface area contributed by atoms with E-state index in [0.717, 1.165) is 5.56 Å². The molecule has 1 heterocycles. The molecule has 0 unspecified atom stereocenters. The van der Waals surface area contributed by atoms with Crippen LogP contribution in [-0.4, -0.2) is 10.5 Å². The highest BCUT2D eigenvalue weighted by Gasteiger charge is 2.12. The second-order valence-electron chi connectivity index (χ2n) is 5.02. The molecule has 0 saturated carbocycles. The van der Waals surface area contributed by atoms with Crippen LogP contribution in [0.1, 0.15) is 15.9 Å². The van der Waals surface area contributed by atoms with Crippen molar-refractivity contribution >= 4 is 34.3 Å². The van der Waals surface area contributed by atoms with Gasteiger partial charge in [0.1, 0.15) is 0 Å². The Balaban J connectivity index is 1.95. The summed E-state index contributed by atoms with van der Waals surface area (Å²) >= 11 is 5.90. The van der Waals surface area contributed by atoms with Crippen LogP contribution < -0.4 is 11.1 Å². The van der Waals surface area contributed by atoms with Crippen molar-refractivity contribution in [2.75, 3.05) is 5.32 Å². The molecule has 0 fully saturated rings. The van der Waals surface area contributed by atoms with Crippen molar-refractivity contribution in [3.63, 3.8) is 0 Å². The van der Waals surface area contributed by atoms with Gasteiger partial charge < -0.3 is 9.73 Å². The predicted molar refractivity (Wildman–Crippen MR) is 85.6 cm³/mol. The minimum Gasteiger partial charge on any atom is -0.408 e. The van der Waals surface area contributed by atoms with E-state index in [9.17, 15) is 9.59 Å². The summed E-state index contributed by atoms with van der Waals surface area (Å²) in [4.78, 5) is 23.8. The zero-order valence-electron chi connectivity index (χ0n) is 12.0. The molecule has 5 nitrogen and oxygen atoms in total. The quantitative estimate of drug-likeness (QED) is 0.788. The summed E-state index contributed by atoms with van der Waals surface area (Å²) in [5.74, 6) is -0.720. The van der Waals surface area contributed by atoms with Gasteiger partial charge in [0.15, 0.2) is 5.58 Å². The Bertz CT molecular complexity index is 940. The van der Waals surface area contributed by atoms with E-state index < -0.39 is 5.76 Å². The van der Waals surface area contributed by atoms with Crippen LogP contribution >= 0.6 is 11.6 Å². The normalized spacial score (nSPS) is 10.9. The summed E-state index contributed by atoms with van der Waals surface area (Å²) in [6.07, 6.45) is 0. The predicted octanol–water partition coefficient (Wildman–Crippen LogP) is 3.35. The number of aryl methyl sites for hydroxylation is 2. The number of aromatic nitrogens is 1. The number of hydrogen-bond acceptors (Lipinski definition) is 3. The van der Waals surface area contributed by atoms with Crippen LogP contribution in [0.25, 0.3) is 11.1 Å². The molecule has 0 atom stereocenters. The number of halogens is 1. The molecular formula is C16H13ClN2O3. The highest BCUT2D eigenvalue weighted by Crippen LogP contribution is 2.21. The lowest BCUT2D eigenvalue weighted by molar-refractivity contribution is 0.102. The van der Waals surface area contributed by atoms with Gasteiger partial charge in [-0.3, -0.25) is 9.36 Å². The molecule has 112 valence electrons. The number of anilines is 1. The number of fused-ring (bicyclic) bond motifs is 1. The Morgan fingerprint density at radius 3 is 2.73 bits per heavy atom. The first kappa shape index (κ1) is 14.4. The molecule has 6 heteroatoms. The van der Waals surface area contributed by atoms with E-state index in [2.05, 4.69) is 5.32 Å². The van der Waals surface area contributed by atoms with Gasteiger partial charge in [0.05, 0.1) is 5.52 Å². The minimum absolute atomic E-state index is 0.263. The third-order valence-electron chi connectivity index (χ3n) is 3.49. The Hall–Kier alpha value is -2.53. The number of rotatable bonds is 2. The van der Waals surface area contributed by atoms with Crippen LogP contribution in [0.3, 0.4) is 0 Å². The fourth-order valence-electron chi connectivity index (χ4n) is 2.23. The molecule has 2 aromatic carbocycles. The zero-order chi connectivity index (χ0) is 15.9. The lowest BCUT2D eigenvalue weighted by Gasteiger charge is -2.08. The Morgan fingerprint density at radius 2 is 2.00 bits per heavy atom. The minimum atomic E-state index is -0.457. The second kappa shape index (κ2) is 5.35. The molecule has 3 rings (SSSR count). The number of hydrogen-bond donors (Lipinski definition) is 1. The molecule has 22 heavy (non-hydrogen) atoms. The summed E-state index contributed by atoms with van der Waals surface area (Å²) < 4.78 is 6.41. The monoisotopic (exact) mass is 316 g/mol. The number of nitrogens with zero attached hydrogens (tertiary/aromatic N) is 1. The van der Waals surface area contributed by atoms with E-state index >= 15 is 0 Å². The second-order valence-corrected chi connectivity index (χ2v) is 5.46. The molecule has 0 aliphatic carbocycles. The van der Waals surface area contributed by atoms with Gasteiger partial charge in [0.25, 0.3) is 5.91 Å². The number of amides is 1. The van der Waals surface area contributed by atoms with E-state index in [4.69, 9.17) is 16.0 Å². The van der Waals surface area contributed by atoms with Crippen molar-refractivity contribution in [2.24, 2.45) is 7.05 Å². The van der Waals surface area contributed by atoms with Gasteiger partial charge in [-0.05, 0) is 48.9 Å². The Morgan fingerprint density at radius 1 is 1.23 bits per heavy atom. The highest BCUT2D eigenvalue weighted by atomic mass is 35.5. The fraction of sp³-hybridized carbons (Fsp3) is 0.125. The lowest BCUT2D eigenvalue weighted by atomic mass is 10.1. The maximum absolute atomic E-state index is 12.4. The van der Waals surface area contributed by atoms with Crippen LogP contribution in [-0.2, 0) is 7.05 Å². The zero-order valence-corrected chi connectivity index (χ0v) is 12.8. The van der Waals surface area contributed by atoms with Gasteiger partial charge in [-0.1, -0.05) is 11.6 Å². The molecule has 1 N–H and O–H groups in total. The first-order valence-corrected chi connectivity index (χ1v) is 7.00. The van der Waals surface area contributed by atoms with E-state index in [1.807, 2.05) is 6.92 Å². The van der Waals surface area contributed by atoms with Gasteiger partial charge >= 0.3 is 5.76 Å². The number of nitrogens with one attached hydrogen (secondary N) is 1. The maximum Gasteiger partial charge on any atom is 0.419 e.